The second-order valence-electron chi connectivity index (χ2n) is 5.73. The number of ether oxygens (including phenoxy) is 1. The van der Waals surface area contributed by atoms with Crippen molar-refractivity contribution in [2.75, 3.05) is 13.2 Å². The summed E-state index contributed by atoms with van der Waals surface area (Å²) in [5.41, 5.74) is 2.29. The van der Waals surface area contributed by atoms with Crippen LogP contribution in [-0.2, 0) is 12.0 Å². The lowest BCUT2D eigenvalue weighted by Gasteiger charge is -2.20. The first-order valence-corrected chi connectivity index (χ1v) is 6.93. The molecule has 0 fully saturated rings. The van der Waals surface area contributed by atoms with Crippen LogP contribution in [-0.4, -0.2) is 18.1 Å². The van der Waals surface area contributed by atoms with Gasteiger partial charge in [0, 0.05) is 18.0 Å². The molecule has 0 saturated carbocycles. The molecule has 0 aliphatic carbocycles. The van der Waals surface area contributed by atoms with Gasteiger partial charge in [0.15, 0.2) is 0 Å². The van der Waals surface area contributed by atoms with Gasteiger partial charge in [-0.15, -0.1) is 0 Å². The summed E-state index contributed by atoms with van der Waals surface area (Å²) in [6.45, 7) is 14.7. The van der Waals surface area contributed by atoms with E-state index in [0.29, 0.717) is 12.5 Å². The molecule has 0 bridgehead atoms. The Bertz CT molecular complexity index is 408. The monoisotopic (exact) mass is 262 g/mol. The van der Waals surface area contributed by atoms with Crippen molar-refractivity contribution < 1.29 is 4.74 Å². The zero-order valence-electron chi connectivity index (χ0n) is 12.6. The zero-order valence-corrected chi connectivity index (χ0v) is 12.6. The lowest BCUT2D eigenvalue weighted by Crippen LogP contribution is -2.18. The Labute approximate surface area is 117 Å². The highest BCUT2D eigenvalue weighted by atomic mass is 16.5. The Morgan fingerprint density at radius 1 is 1.37 bits per heavy atom. The van der Waals surface area contributed by atoms with E-state index in [0.717, 1.165) is 25.2 Å². The van der Waals surface area contributed by atoms with Crippen LogP contribution < -0.4 is 10.1 Å². The van der Waals surface area contributed by atoms with Crippen LogP contribution in [0.1, 0.15) is 45.4 Å². The Morgan fingerprint density at radius 3 is 2.68 bits per heavy atom. The van der Waals surface area contributed by atoms with Crippen molar-refractivity contribution >= 4 is 0 Å². The molecule has 1 N–H and O–H groups in total. The molecule has 0 spiro atoms. The van der Waals surface area contributed by atoms with Crippen molar-refractivity contribution in [3.05, 3.63) is 36.0 Å². The second kappa shape index (κ2) is 7.29. The summed E-state index contributed by atoms with van der Waals surface area (Å²) in [4.78, 5) is 4.57. The third kappa shape index (κ3) is 5.43. The molecular formula is C16H26N2O. The molecular weight excluding hydrogens is 236 g/mol. The van der Waals surface area contributed by atoms with Crippen molar-refractivity contribution in [1.29, 1.82) is 0 Å². The van der Waals surface area contributed by atoms with Gasteiger partial charge in [0.1, 0.15) is 6.61 Å². The number of pyridine rings is 1. The van der Waals surface area contributed by atoms with Crippen LogP contribution >= 0.6 is 0 Å². The smallest absolute Gasteiger partial charge is 0.214 e. The van der Waals surface area contributed by atoms with E-state index in [1.54, 1.807) is 6.08 Å². The van der Waals surface area contributed by atoms with Crippen LogP contribution in [0.3, 0.4) is 0 Å². The second-order valence-corrected chi connectivity index (χ2v) is 5.73. The maximum absolute atomic E-state index is 5.58. The maximum Gasteiger partial charge on any atom is 0.214 e. The van der Waals surface area contributed by atoms with E-state index in [1.165, 1.54) is 5.56 Å². The third-order valence-corrected chi connectivity index (χ3v) is 2.74. The summed E-state index contributed by atoms with van der Waals surface area (Å²) in [6.07, 6.45) is 2.87. The molecule has 0 saturated heterocycles. The number of nitrogens with zero attached hydrogens (tertiary/aromatic N) is 1. The molecule has 3 nitrogen and oxygen atoms in total. The molecule has 0 unspecified atom stereocenters. The minimum absolute atomic E-state index is 0.0209. The van der Waals surface area contributed by atoms with Crippen molar-refractivity contribution in [1.82, 2.24) is 10.3 Å². The number of nitrogens with one attached hydrogen (secondary N) is 1. The molecule has 106 valence electrons. The van der Waals surface area contributed by atoms with E-state index in [1.807, 2.05) is 6.07 Å². The van der Waals surface area contributed by atoms with E-state index in [4.69, 9.17) is 4.74 Å². The minimum Gasteiger partial charge on any atom is -0.473 e. The maximum atomic E-state index is 5.58. The fourth-order valence-corrected chi connectivity index (χ4v) is 1.67. The van der Waals surface area contributed by atoms with Crippen LogP contribution in [0.15, 0.2) is 24.8 Å². The van der Waals surface area contributed by atoms with Crippen molar-refractivity contribution in [2.24, 2.45) is 0 Å². The van der Waals surface area contributed by atoms with E-state index in [2.05, 4.69) is 50.6 Å². The summed E-state index contributed by atoms with van der Waals surface area (Å²) >= 11 is 0. The van der Waals surface area contributed by atoms with E-state index in [-0.39, 0.29) is 5.41 Å². The van der Waals surface area contributed by atoms with Crippen molar-refractivity contribution in [3.8, 4) is 5.88 Å². The first-order chi connectivity index (χ1) is 8.97. The fourth-order valence-electron chi connectivity index (χ4n) is 1.67. The molecule has 19 heavy (non-hydrogen) atoms. The van der Waals surface area contributed by atoms with Gasteiger partial charge < -0.3 is 10.1 Å². The summed E-state index contributed by atoms with van der Waals surface area (Å²) in [5.74, 6) is 0.681. The predicted molar refractivity (Wildman–Crippen MR) is 80.6 cm³/mol. The Balaban J connectivity index is 2.92. The van der Waals surface area contributed by atoms with Gasteiger partial charge in [-0.3, -0.25) is 0 Å². The normalized spacial score (nSPS) is 11.4. The lowest BCUT2D eigenvalue weighted by atomic mass is 9.91. The molecule has 1 aromatic heterocycles. The first kappa shape index (κ1) is 15.7. The highest BCUT2D eigenvalue weighted by Crippen LogP contribution is 2.24. The van der Waals surface area contributed by atoms with Crippen molar-refractivity contribution in [2.45, 2.75) is 46.1 Å². The standard InChI is InChI=1S/C16H26N2O/c1-6-8-17-12-13-10-14(16(3,4)5)18-15(11-13)19-9-7-2/h7,10-11,17H,2,6,8-9,12H2,1,3-5H3. The van der Waals surface area contributed by atoms with Gasteiger partial charge in [-0.1, -0.05) is 40.3 Å². The van der Waals surface area contributed by atoms with Gasteiger partial charge >= 0.3 is 0 Å². The van der Waals surface area contributed by atoms with Gasteiger partial charge in [-0.05, 0) is 24.6 Å². The summed E-state index contributed by atoms with van der Waals surface area (Å²) < 4.78 is 5.58. The SMILES string of the molecule is C=CCOc1cc(CNCCC)cc(C(C)(C)C)n1. The average molecular weight is 262 g/mol. The molecule has 0 aliphatic heterocycles. The number of hydrogen-bond donors (Lipinski definition) is 1. The molecule has 0 atom stereocenters. The van der Waals surface area contributed by atoms with Gasteiger partial charge in [0.25, 0.3) is 0 Å². The number of aromatic nitrogens is 1. The number of rotatable bonds is 7. The van der Waals surface area contributed by atoms with Gasteiger partial charge in [0.2, 0.25) is 5.88 Å². The topological polar surface area (TPSA) is 34.1 Å². The molecule has 3 heteroatoms. The largest absolute Gasteiger partial charge is 0.473 e. The summed E-state index contributed by atoms with van der Waals surface area (Å²) in [5, 5.41) is 3.41. The molecule has 1 heterocycles. The van der Waals surface area contributed by atoms with E-state index in [9.17, 15) is 0 Å². The van der Waals surface area contributed by atoms with Crippen molar-refractivity contribution in [3.63, 3.8) is 0 Å². The highest BCUT2D eigenvalue weighted by Gasteiger charge is 2.17. The minimum atomic E-state index is 0.0209. The van der Waals surface area contributed by atoms with E-state index < -0.39 is 0 Å². The van der Waals surface area contributed by atoms with Crippen LogP contribution in [0, 0.1) is 0 Å². The Hall–Kier alpha value is -1.35. The van der Waals surface area contributed by atoms with Crippen LogP contribution in [0.5, 0.6) is 5.88 Å². The number of hydrogen-bond acceptors (Lipinski definition) is 3. The highest BCUT2D eigenvalue weighted by molar-refractivity contribution is 5.28. The van der Waals surface area contributed by atoms with Crippen LogP contribution in [0.4, 0.5) is 0 Å². The predicted octanol–water partition coefficient (Wildman–Crippen LogP) is 3.44. The molecule has 1 aromatic rings. The Morgan fingerprint density at radius 2 is 2.11 bits per heavy atom. The zero-order chi connectivity index (χ0) is 14.3. The lowest BCUT2D eigenvalue weighted by molar-refractivity contribution is 0.344. The average Bonchev–Trinajstić information content (AvgIpc) is 2.35. The molecule has 0 amide bonds. The Kier molecular flexibility index (Phi) is 6.03. The van der Waals surface area contributed by atoms with Gasteiger partial charge in [0.05, 0.1) is 5.69 Å². The summed E-state index contributed by atoms with van der Waals surface area (Å²) in [6, 6.07) is 4.16. The first-order valence-electron chi connectivity index (χ1n) is 6.93. The van der Waals surface area contributed by atoms with E-state index >= 15 is 0 Å². The molecule has 1 rings (SSSR count). The van der Waals surface area contributed by atoms with Crippen LogP contribution in [0.25, 0.3) is 0 Å². The van der Waals surface area contributed by atoms with Gasteiger partial charge in [-0.25, -0.2) is 4.98 Å². The van der Waals surface area contributed by atoms with Gasteiger partial charge in [-0.2, -0.15) is 0 Å². The fraction of sp³-hybridized carbons (Fsp3) is 0.562. The molecule has 0 aliphatic rings. The quantitative estimate of drug-likeness (QED) is 0.604. The third-order valence-electron chi connectivity index (χ3n) is 2.74. The molecule has 0 aromatic carbocycles. The summed E-state index contributed by atoms with van der Waals surface area (Å²) in [7, 11) is 0. The van der Waals surface area contributed by atoms with Crippen LogP contribution in [0.2, 0.25) is 0 Å². The molecule has 0 radical (unpaired) electrons.